The van der Waals surface area contributed by atoms with Crippen molar-refractivity contribution in [3.8, 4) is 23.0 Å². The van der Waals surface area contributed by atoms with Crippen LogP contribution in [0.15, 0.2) is 18.2 Å². The second-order valence-electron chi connectivity index (χ2n) is 11.4. The van der Waals surface area contributed by atoms with E-state index < -0.39 is 23.8 Å². The number of carboxylic acids is 2. The van der Waals surface area contributed by atoms with Gasteiger partial charge in [0.15, 0.2) is 23.0 Å². The number of benzene rings is 2. The van der Waals surface area contributed by atoms with E-state index in [1.54, 1.807) is 24.0 Å². The van der Waals surface area contributed by atoms with E-state index in [1.165, 1.54) is 13.8 Å². The minimum Gasteiger partial charge on any atom is -0.493 e. The third-order valence-corrected chi connectivity index (χ3v) is 8.15. The summed E-state index contributed by atoms with van der Waals surface area (Å²) < 4.78 is 23.3. The largest absolute Gasteiger partial charge is 0.493 e. The summed E-state index contributed by atoms with van der Waals surface area (Å²) in [6.07, 6.45) is 0.441. The molecule has 0 aliphatic carbocycles. The van der Waals surface area contributed by atoms with Gasteiger partial charge >= 0.3 is 11.9 Å². The molecule has 0 aromatic heterocycles. The second kappa shape index (κ2) is 13.9. The van der Waals surface area contributed by atoms with Crippen LogP contribution in [0.1, 0.15) is 60.9 Å². The van der Waals surface area contributed by atoms with Gasteiger partial charge in [-0.2, -0.15) is 0 Å². The molecule has 2 heterocycles. The van der Waals surface area contributed by atoms with Crippen molar-refractivity contribution >= 4 is 23.8 Å². The highest BCUT2D eigenvalue weighted by atomic mass is 16.5. The SMILES string of the molecule is COc1cc2c(cc1OCCCOc1c(OC)cc3c(c1C)CN(C(=O)CC(C)C(=O)O)C3)CN(C(=O)CC(C)C(=O)O)C2. The van der Waals surface area contributed by atoms with Crippen molar-refractivity contribution in [2.75, 3.05) is 27.4 Å². The minimum atomic E-state index is -0.996. The molecular weight excluding hydrogens is 572 g/mol. The number of hydrogen-bond donors (Lipinski definition) is 2. The number of rotatable bonds is 14. The first-order chi connectivity index (χ1) is 20.9. The van der Waals surface area contributed by atoms with Crippen molar-refractivity contribution in [2.24, 2.45) is 11.8 Å². The molecule has 2 amide bonds. The summed E-state index contributed by atoms with van der Waals surface area (Å²) in [6, 6.07) is 5.58. The smallest absolute Gasteiger partial charge is 0.306 e. The van der Waals surface area contributed by atoms with Gasteiger partial charge in [0.2, 0.25) is 11.8 Å². The Labute approximate surface area is 256 Å². The zero-order chi connectivity index (χ0) is 32.1. The molecule has 2 aromatic rings. The van der Waals surface area contributed by atoms with Gasteiger partial charge in [-0.1, -0.05) is 13.8 Å². The van der Waals surface area contributed by atoms with Crippen LogP contribution in [0.5, 0.6) is 23.0 Å². The number of nitrogens with zero attached hydrogens (tertiary/aromatic N) is 2. The van der Waals surface area contributed by atoms with Gasteiger partial charge in [0, 0.05) is 51.0 Å². The fraction of sp³-hybridized carbons (Fsp3) is 0.500. The first-order valence-electron chi connectivity index (χ1n) is 14.6. The van der Waals surface area contributed by atoms with Crippen LogP contribution < -0.4 is 18.9 Å². The Morgan fingerprint density at radius 2 is 1.20 bits per heavy atom. The summed E-state index contributed by atoms with van der Waals surface area (Å²) >= 11 is 0. The van der Waals surface area contributed by atoms with Gasteiger partial charge in [-0.3, -0.25) is 19.2 Å². The average molecular weight is 613 g/mol. The maximum Gasteiger partial charge on any atom is 0.306 e. The Morgan fingerprint density at radius 3 is 1.75 bits per heavy atom. The Kier molecular flexibility index (Phi) is 10.2. The molecule has 12 heteroatoms. The third-order valence-electron chi connectivity index (χ3n) is 8.15. The lowest BCUT2D eigenvalue weighted by molar-refractivity contribution is -0.145. The lowest BCUT2D eigenvalue weighted by Gasteiger charge is -2.17. The molecule has 2 unspecified atom stereocenters. The van der Waals surface area contributed by atoms with Crippen molar-refractivity contribution in [3.63, 3.8) is 0 Å². The zero-order valence-corrected chi connectivity index (χ0v) is 25.8. The molecule has 2 aliphatic rings. The maximum atomic E-state index is 12.7. The number of carbonyl (C=O) groups is 4. The highest BCUT2D eigenvalue weighted by Crippen LogP contribution is 2.40. The molecule has 0 radical (unpaired) electrons. The summed E-state index contributed by atoms with van der Waals surface area (Å²) in [5.74, 6) is -1.66. The normalized spacial score (nSPS) is 14.8. The van der Waals surface area contributed by atoms with E-state index >= 15 is 0 Å². The molecule has 0 saturated heterocycles. The van der Waals surface area contributed by atoms with E-state index in [9.17, 15) is 19.2 Å². The van der Waals surface area contributed by atoms with Gasteiger partial charge in [0.25, 0.3) is 0 Å². The van der Waals surface area contributed by atoms with Gasteiger partial charge in [0.05, 0.1) is 39.3 Å². The van der Waals surface area contributed by atoms with Crippen molar-refractivity contribution in [1.29, 1.82) is 0 Å². The molecule has 44 heavy (non-hydrogen) atoms. The molecule has 0 fully saturated rings. The van der Waals surface area contributed by atoms with E-state index in [2.05, 4.69) is 0 Å². The van der Waals surface area contributed by atoms with E-state index in [-0.39, 0.29) is 24.7 Å². The number of hydrogen-bond acceptors (Lipinski definition) is 8. The summed E-state index contributed by atoms with van der Waals surface area (Å²) in [6.45, 7) is 7.19. The van der Waals surface area contributed by atoms with Crippen LogP contribution in [0.3, 0.4) is 0 Å². The van der Waals surface area contributed by atoms with Crippen molar-refractivity contribution in [3.05, 3.63) is 46.0 Å². The summed E-state index contributed by atoms with van der Waals surface area (Å²) in [7, 11) is 3.11. The molecule has 238 valence electrons. The predicted molar refractivity (Wildman–Crippen MR) is 158 cm³/mol. The quantitative estimate of drug-likeness (QED) is 0.302. The molecule has 2 aliphatic heterocycles. The molecule has 2 N–H and O–H groups in total. The van der Waals surface area contributed by atoms with Gasteiger partial charge in [-0.25, -0.2) is 0 Å². The lowest BCUT2D eigenvalue weighted by Crippen LogP contribution is -2.28. The monoisotopic (exact) mass is 612 g/mol. The van der Waals surface area contributed by atoms with Gasteiger partial charge in [-0.05, 0) is 47.4 Å². The number of fused-ring (bicyclic) bond motifs is 2. The van der Waals surface area contributed by atoms with Gasteiger partial charge in [-0.15, -0.1) is 0 Å². The highest BCUT2D eigenvalue weighted by molar-refractivity contribution is 5.83. The fourth-order valence-corrected chi connectivity index (χ4v) is 5.42. The Morgan fingerprint density at radius 1 is 0.727 bits per heavy atom. The number of carboxylic acid groups (broad SMARTS) is 2. The highest BCUT2D eigenvalue weighted by Gasteiger charge is 2.30. The van der Waals surface area contributed by atoms with Crippen LogP contribution in [-0.2, 0) is 45.4 Å². The fourth-order valence-electron chi connectivity index (χ4n) is 5.42. The number of aliphatic carboxylic acids is 2. The van der Waals surface area contributed by atoms with Crippen molar-refractivity contribution < 1.29 is 48.3 Å². The minimum absolute atomic E-state index is 0.0548. The molecule has 4 rings (SSSR count). The van der Waals surface area contributed by atoms with Gasteiger partial charge < -0.3 is 39.0 Å². The molecule has 12 nitrogen and oxygen atoms in total. The molecular formula is C32H40N2O10. The third kappa shape index (κ3) is 7.17. The Hall–Kier alpha value is -4.48. The van der Waals surface area contributed by atoms with E-state index in [0.717, 1.165) is 27.8 Å². The standard InChI is InChI=1S/C32H40N2O10/c1-18(31(37)38)9-28(35)33-14-21-11-25(41-4)26(12-22(21)15-33)43-7-6-8-44-30-20(3)24-17-34(16-23(24)13-27(30)42-5)29(36)10-19(2)32(39)40/h11-13,18-19H,6-10,14-17H2,1-5H3,(H,37,38)(H,39,40). The molecule has 0 saturated carbocycles. The van der Waals surface area contributed by atoms with E-state index in [1.807, 2.05) is 25.1 Å². The van der Waals surface area contributed by atoms with E-state index in [0.29, 0.717) is 68.8 Å². The van der Waals surface area contributed by atoms with Crippen molar-refractivity contribution in [2.45, 2.75) is 66.2 Å². The number of methoxy groups -OCH3 is 2. The molecule has 0 bridgehead atoms. The predicted octanol–water partition coefficient (Wildman–Crippen LogP) is 3.77. The maximum absolute atomic E-state index is 12.7. The van der Waals surface area contributed by atoms with Crippen molar-refractivity contribution in [1.82, 2.24) is 9.80 Å². The first-order valence-corrected chi connectivity index (χ1v) is 14.6. The molecule has 2 atom stereocenters. The average Bonchev–Trinajstić information content (AvgIpc) is 3.61. The summed E-state index contributed by atoms with van der Waals surface area (Å²) in [4.78, 5) is 50.9. The molecule has 2 aromatic carbocycles. The summed E-state index contributed by atoms with van der Waals surface area (Å²) in [5, 5.41) is 18.3. The van der Waals surface area contributed by atoms with Crippen LogP contribution in [0.4, 0.5) is 0 Å². The molecule has 0 spiro atoms. The van der Waals surface area contributed by atoms with Crippen LogP contribution in [0.25, 0.3) is 0 Å². The lowest BCUT2D eigenvalue weighted by atomic mass is 10.0. The second-order valence-corrected chi connectivity index (χ2v) is 11.4. The zero-order valence-electron chi connectivity index (χ0n) is 25.8. The Bertz CT molecular complexity index is 1440. The van der Waals surface area contributed by atoms with Gasteiger partial charge in [0.1, 0.15) is 0 Å². The van der Waals surface area contributed by atoms with Crippen LogP contribution in [-0.4, -0.2) is 71.2 Å². The Balaban J connectivity index is 1.33. The first kappa shape index (κ1) is 32.4. The topological polar surface area (TPSA) is 152 Å². The number of carbonyl (C=O) groups excluding carboxylic acids is 2. The van der Waals surface area contributed by atoms with Crippen LogP contribution in [0, 0.1) is 18.8 Å². The number of amides is 2. The van der Waals surface area contributed by atoms with E-state index in [4.69, 9.17) is 29.2 Å². The van der Waals surface area contributed by atoms with Crippen LogP contribution >= 0.6 is 0 Å². The van der Waals surface area contributed by atoms with Crippen LogP contribution in [0.2, 0.25) is 0 Å². The number of ether oxygens (including phenoxy) is 4. The summed E-state index contributed by atoms with van der Waals surface area (Å²) in [5.41, 5.74) is 4.66.